The number of aliphatic hydroxyl groups excluding tert-OH is 1. The van der Waals surface area contributed by atoms with Crippen LogP contribution in [-0.4, -0.2) is 75.0 Å². The van der Waals surface area contributed by atoms with Crippen molar-refractivity contribution in [3.05, 3.63) is 0 Å². The van der Waals surface area contributed by atoms with E-state index in [1.165, 1.54) is 0 Å². The monoisotopic (exact) mass is 384 g/mol. The number of esters is 3. The van der Waals surface area contributed by atoms with Gasteiger partial charge in [0.15, 0.2) is 24.6 Å². The molecule has 0 amide bonds. The summed E-state index contributed by atoms with van der Waals surface area (Å²) >= 11 is 0. The number of carbonyl (C=O) groups excluding carboxylic acids is 3. The fourth-order valence-corrected chi connectivity index (χ4v) is 2.80. The number of hydrogen-bond donors (Lipinski definition) is 1. The third-order valence-corrected chi connectivity index (χ3v) is 3.52. The van der Waals surface area contributed by atoms with Gasteiger partial charge in [-0.1, -0.05) is 0 Å². The number of carbonyl (C=O) groups is 3. The van der Waals surface area contributed by atoms with Gasteiger partial charge in [-0.2, -0.15) is 8.42 Å². The van der Waals surface area contributed by atoms with Crippen molar-refractivity contribution in [3.63, 3.8) is 0 Å². The number of hydrogen-bond acceptors (Lipinski definition) is 11. The molecule has 11 nitrogen and oxygen atoms in total. The van der Waals surface area contributed by atoms with Gasteiger partial charge in [0.1, 0.15) is 12.7 Å². The highest BCUT2D eigenvalue weighted by Gasteiger charge is 2.51. The van der Waals surface area contributed by atoms with Gasteiger partial charge in [-0.15, -0.1) is 0 Å². The Morgan fingerprint density at radius 2 is 1.48 bits per heavy atom. The van der Waals surface area contributed by atoms with Crippen LogP contribution < -0.4 is 0 Å². The van der Waals surface area contributed by atoms with E-state index in [9.17, 15) is 27.9 Å². The molecule has 1 fully saturated rings. The lowest BCUT2D eigenvalue weighted by Gasteiger charge is -2.42. The highest BCUT2D eigenvalue weighted by atomic mass is 32.2. The van der Waals surface area contributed by atoms with Crippen molar-refractivity contribution in [2.24, 2.45) is 0 Å². The minimum atomic E-state index is -4.08. The van der Waals surface area contributed by atoms with Gasteiger partial charge in [0.2, 0.25) is 0 Å². The van der Waals surface area contributed by atoms with Gasteiger partial charge in [-0.3, -0.25) is 18.6 Å². The van der Waals surface area contributed by atoms with E-state index in [1.54, 1.807) is 0 Å². The van der Waals surface area contributed by atoms with Crippen LogP contribution in [0.25, 0.3) is 0 Å². The van der Waals surface area contributed by atoms with E-state index in [2.05, 4.69) is 0 Å². The molecular formula is C13H20O11S. The Bertz CT molecular complexity index is 613. The SMILES string of the molecule is CC(=O)OCC1OC(O)C(OS(C)(=O)=O)C(OC(C)=O)C1OC(C)=O. The van der Waals surface area contributed by atoms with Gasteiger partial charge >= 0.3 is 17.9 Å². The Labute approximate surface area is 144 Å². The average Bonchev–Trinajstić information content (AvgIpc) is 2.41. The number of aliphatic hydroxyl groups is 1. The summed E-state index contributed by atoms with van der Waals surface area (Å²) in [7, 11) is -4.08. The van der Waals surface area contributed by atoms with Crippen molar-refractivity contribution < 1.29 is 51.0 Å². The molecule has 0 aromatic rings. The Morgan fingerprint density at radius 1 is 0.960 bits per heavy atom. The topological polar surface area (TPSA) is 152 Å². The van der Waals surface area contributed by atoms with Crippen molar-refractivity contribution >= 4 is 28.0 Å². The third-order valence-electron chi connectivity index (χ3n) is 2.95. The highest BCUT2D eigenvalue weighted by molar-refractivity contribution is 7.86. The molecule has 5 atom stereocenters. The summed E-state index contributed by atoms with van der Waals surface area (Å²) in [6.45, 7) is 2.78. The summed E-state index contributed by atoms with van der Waals surface area (Å²) in [5.41, 5.74) is 0. The van der Waals surface area contributed by atoms with E-state index in [1.807, 2.05) is 0 Å². The fraction of sp³-hybridized carbons (Fsp3) is 0.769. The second-order valence-corrected chi connectivity index (χ2v) is 6.88. The molecule has 1 N–H and O–H groups in total. The van der Waals surface area contributed by atoms with E-state index in [-0.39, 0.29) is 0 Å². The van der Waals surface area contributed by atoms with Crippen molar-refractivity contribution in [1.82, 2.24) is 0 Å². The van der Waals surface area contributed by atoms with Crippen LogP contribution >= 0.6 is 0 Å². The molecule has 144 valence electrons. The molecule has 0 aliphatic carbocycles. The molecule has 12 heteroatoms. The zero-order chi connectivity index (χ0) is 19.4. The number of ether oxygens (including phenoxy) is 4. The molecule has 1 heterocycles. The lowest BCUT2D eigenvalue weighted by atomic mass is 9.98. The standard InChI is InChI=1S/C13H20O11S/c1-6(14)20-5-9-10(21-7(2)15)11(22-8(3)16)12(13(17)23-9)24-25(4,18)19/h9-13,17H,5H2,1-4H3. The maximum Gasteiger partial charge on any atom is 0.303 e. The Morgan fingerprint density at radius 3 is 1.92 bits per heavy atom. The molecule has 0 radical (unpaired) electrons. The van der Waals surface area contributed by atoms with E-state index in [0.717, 1.165) is 27.0 Å². The maximum absolute atomic E-state index is 11.4. The first-order valence-electron chi connectivity index (χ1n) is 7.10. The van der Waals surface area contributed by atoms with Crippen LogP contribution in [0.3, 0.4) is 0 Å². The maximum atomic E-state index is 11.4. The van der Waals surface area contributed by atoms with E-state index >= 15 is 0 Å². The first-order valence-corrected chi connectivity index (χ1v) is 8.92. The second kappa shape index (κ2) is 8.56. The van der Waals surface area contributed by atoms with Crippen molar-refractivity contribution in [2.75, 3.05) is 12.9 Å². The summed E-state index contributed by atoms with van der Waals surface area (Å²) in [6.07, 6.45) is -6.93. The normalized spacial score (nSPS) is 29.6. The van der Waals surface area contributed by atoms with Crippen LogP contribution in [0.15, 0.2) is 0 Å². The van der Waals surface area contributed by atoms with E-state index in [0.29, 0.717) is 0 Å². The van der Waals surface area contributed by atoms with E-state index in [4.69, 9.17) is 23.1 Å². The lowest BCUT2D eigenvalue weighted by molar-refractivity contribution is -0.287. The van der Waals surface area contributed by atoms with Crippen LogP contribution in [0.1, 0.15) is 20.8 Å². The third kappa shape index (κ3) is 6.94. The van der Waals surface area contributed by atoms with Crippen LogP contribution in [0.2, 0.25) is 0 Å². The summed E-state index contributed by atoms with van der Waals surface area (Å²) in [4.78, 5) is 33.7. The molecule has 1 saturated heterocycles. The second-order valence-electron chi connectivity index (χ2n) is 5.28. The smallest absolute Gasteiger partial charge is 0.303 e. The van der Waals surface area contributed by atoms with Crippen molar-refractivity contribution in [1.29, 1.82) is 0 Å². The van der Waals surface area contributed by atoms with Crippen molar-refractivity contribution in [2.45, 2.75) is 51.5 Å². The molecule has 1 aliphatic heterocycles. The summed E-state index contributed by atoms with van der Waals surface area (Å²) < 4.78 is 47.4. The summed E-state index contributed by atoms with van der Waals surface area (Å²) in [6, 6.07) is 0. The Hall–Kier alpha value is -1.76. The van der Waals surface area contributed by atoms with Crippen LogP contribution in [0.4, 0.5) is 0 Å². The molecule has 0 spiro atoms. The predicted octanol–water partition coefficient (Wildman–Crippen LogP) is -1.53. The first-order chi connectivity index (χ1) is 11.4. The number of rotatable bonds is 6. The van der Waals surface area contributed by atoms with Gasteiger partial charge < -0.3 is 24.1 Å². The lowest BCUT2D eigenvalue weighted by Crippen LogP contribution is -2.62. The fourth-order valence-electron chi connectivity index (χ4n) is 2.19. The summed E-state index contributed by atoms with van der Waals surface area (Å²) in [5, 5.41) is 10.0. The van der Waals surface area contributed by atoms with Gasteiger partial charge in [0, 0.05) is 20.8 Å². The molecular weight excluding hydrogens is 364 g/mol. The van der Waals surface area contributed by atoms with Crippen molar-refractivity contribution in [3.8, 4) is 0 Å². The minimum Gasteiger partial charge on any atom is -0.463 e. The highest BCUT2D eigenvalue weighted by Crippen LogP contribution is 2.28. The molecule has 1 aliphatic rings. The molecule has 0 aromatic carbocycles. The Balaban J connectivity index is 3.18. The predicted molar refractivity (Wildman–Crippen MR) is 78.3 cm³/mol. The molecule has 0 saturated carbocycles. The first kappa shape index (κ1) is 21.3. The van der Waals surface area contributed by atoms with Crippen LogP contribution in [0, 0.1) is 0 Å². The zero-order valence-electron chi connectivity index (χ0n) is 14.0. The van der Waals surface area contributed by atoms with Crippen LogP contribution in [-0.2, 0) is 47.6 Å². The molecule has 5 unspecified atom stereocenters. The van der Waals surface area contributed by atoms with Gasteiger partial charge in [-0.25, -0.2) is 0 Å². The average molecular weight is 384 g/mol. The van der Waals surface area contributed by atoms with Gasteiger partial charge in [0.25, 0.3) is 10.1 Å². The molecule has 25 heavy (non-hydrogen) atoms. The molecule has 1 rings (SSSR count). The largest absolute Gasteiger partial charge is 0.463 e. The van der Waals surface area contributed by atoms with Crippen LogP contribution in [0.5, 0.6) is 0 Å². The Kier molecular flexibility index (Phi) is 7.29. The van der Waals surface area contributed by atoms with Gasteiger partial charge in [0.05, 0.1) is 6.26 Å². The van der Waals surface area contributed by atoms with Gasteiger partial charge in [-0.05, 0) is 0 Å². The summed E-state index contributed by atoms with van der Waals surface area (Å²) in [5.74, 6) is -2.31. The zero-order valence-corrected chi connectivity index (χ0v) is 14.8. The van der Waals surface area contributed by atoms with E-state index < -0.39 is 65.3 Å². The molecule has 0 bridgehead atoms. The molecule has 0 aromatic heterocycles. The quantitative estimate of drug-likeness (QED) is 0.323. The minimum absolute atomic E-state index is 0.437.